The first-order valence-electron chi connectivity index (χ1n) is 6.45. The second-order valence-corrected chi connectivity index (χ2v) is 5.54. The summed E-state index contributed by atoms with van der Waals surface area (Å²) in [5.41, 5.74) is 3.44. The summed E-state index contributed by atoms with van der Waals surface area (Å²) in [5, 5.41) is 3.16. The smallest absolute Gasteiger partial charge is 0.142 e. The van der Waals surface area contributed by atoms with Crippen molar-refractivity contribution in [1.82, 2.24) is 0 Å². The van der Waals surface area contributed by atoms with E-state index in [9.17, 15) is 0 Å². The Morgan fingerprint density at radius 2 is 2.00 bits per heavy atom. The molecule has 3 nitrogen and oxygen atoms in total. The number of benzene rings is 2. The van der Waals surface area contributed by atoms with E-state index in [0.29, 0.717) is 0 Å². The molecule has 106 valence electrons. The lowest BCUT2D eigenvalue weighted by atomic mass is 10.1. The number of rotatable bonds is 5. The number of anilines is 2. The summed E-state index contributed by atoms with van der Waals surface area (Å²) in [4.78, 5) is 2.18. The number of nitrogens with zero attached hydrogens (tertiary/aromatic N) is 1. The lowest BCUT2D eigenvalue weighted by Gasteiger charge is -2.22. The molecule has 0 atom stereocenters. The van der Waals surface area contributed by atoms with E-state index in [1.165, 1.54) is 5.56 Å². The molecule has 0 unspecified atom stereocenters. The van der Waals surface area contributed by atoms with Gasteiger partial charge in [0.2, 0.25) is 0 Å². The second kappa shape index (κ2) is 6.66. The maximum atomic E-state index is 5.43. The molecule has 0 aliphatic carbocycles. The van der Waals surface area contributed by atoms with Gasteiger partial charge in [-0.2, -0.15) is 0 Å². The Kier molecular flexibility index (Phi) is 4.90. The molecule has 1 N–H and O–H groups in total. The molecule has 2 aromatic rings. The average molecular weight is 335 g/mol. The van der Waals surface area contributed by atoms with Crippen LogP contribution in [0.3, 0.4) is 0 Å². The summed E-state index contributed by atoms with van der Waals surface area (Å²) >= 11 is 3.51. The Hall–Kier alpha value is -1.68. The Labute approximate surface area is 128 Å². The lowest BCUT2D eigenvalue weighted by Crippen LogP contribution is -2.17. The maximum absolute atomic E-state index is 5.43. The van der Waals surface area contributed by atoms with E-state index >= 15 is 0 Å². The van der Waals surface area contributed by atoms with Crippen LogP contribution in [0.25, 0.3) is 0 Å². The van der Waals surface area contributed by atoms with Crippen molar-refractivity contribution in [3.63, 3.8) is 0 Å². The van der Waals surface area contributed by atoms with E-state index in [0.717, 1.165) is 28.1 Å². The first-order valence-corrected chi connectivity index (χ1v) is 7.24. The van der Waals surface area contributed by atoms with Crippen LogP contribution in [0.5, 0.6) is 5.75 Å². The van der Waals surface area contributed by atoms with Crippen LogP contribution in [0.15, 0.2) is 46.9 Å². The Balaban J connectivity index is 2.23. The molecule has 0 radical (unpaired) electrons. The highest BCUT2D eigenvalue weighted by Crippen LogP contribution is 2.31. The number of nitrogens with one attached hydrogen (secondary N) is 1. The minimum atomic E-state index is 0.822. The van der Waals surface area contributed by atoms with Crippen LogP contribution in [0.2, 0.25) is 0 Å². The third kappa shape index (κ3) is 3.45. The van der Waals surface area contributed by atoms with Gasteiger partial charge in [0.05, 0.1) is 12.8 Å². The molecule has 0 saturated carbocycles. The van der Waals surface area contributed by atoms with Crippen molar-refractivity contribution in [2.24, 2.45) is 0 Å². The van der Waals surface area contributed by atoms with Crippen molar-refractivity contribution in [3.8, 4) is 5.75 Å². The SMILES string of the molecule is CNc1cccc(CN(C)c2cc(Br)ccc2OC)c1. The fourth-order valence-corrected chi connectivity index (χ4v) is 2.49. The van der Waals surface area contributed by atoms with Gasteiger partial charge in [-0.25, -0.2) is 0 Å². The van der Waals surface area contributed by atoms with E-state index in [1.54, 1.807) is 7.11 Å². The molecule has 0 aliphatic rings. The topological polar surface area (TPSA) is 24.5 Å². The van der Waals surface area contributed by atoms with Crippen molar-refractivity contribution in [2.45, 2.75) is 6.54 Å². The lowest BCUT2D eigenvalue weighted by molar-refractivity contribution is 0.414. The fourth-order valence-electron chi connectivity index (χ4n) is 2.15. The first kappa shape index (κ1) is 14.7. The molecule has 0 saturated heterocycles. The van der Waals surface area contributed by atoms with Crippen molar-refractivity contribution in [2.75, 3.05) is 31.4 Å². The molecule has 0 aromatic heterocycles. The molecule has 4 heteroatoms. The van der Waals surface area contributed by atoms with Gasteiger partial charge in [0.15, 0.2) is 0 Å². The third-order valence-corrected chi connectivity index (χ3v) is 3.68. The van der Waals surface area contributed by atoms with Gasteiger partial charge in [-0.3, -0.25) is 0 Å². The van der Waals surface area contributed by atoms with Gasteiger partial charge in [0, 0.05) is 30.8 Å². The molecule has 0 spiro atoms. The second-order valence-electron chi connectivity index (χ2n) is 4.62. The molecule has 0 bridgehead atoms. The van der Waals surface area contributed by atoms with Gasteiger partial charge < -0.3 is 15.0 Å². The van der Waals surface area contributed by atoms with Crippen LogP contribution in [0.4, 0.5) is 11.4 Å². The molecule has 0 fully saturated rings. The Bertz CT molecular complexity index is 586. The van der Waals surface area contributed by atoms with Crippen molar-refractivity contribution in [3.05, 3.63) is 52.5 Å². The zero-order chi connectivity index (χ0) is 14.5. The van der Waals surface area contributed by atoms with Gasteiger partial charge in [-0.05, 0) is 35.9 Å². The van der Waals surface area contributed by atoms with Gasteiger partial charge in [0.25, 0.3) is 0 Å². The van der Waals surface area contributed by atoms with Crippen molar-refractivity contribution < 1.29 is 4.74 Å². The number of methoxy groups -OCH3 is 1. The highest BCUT2D eigenvalue weighted by Gasteiger charge is 2.09. The van der Waals surface area contributed by atoms with E-state index in [4.69, 9.17) is 4.74 Å². The molecular weight excluding hydrogens is 316 g/mol. The van der Waals surface area contributed by atoms with E-state index < -0.39 is 0 Å². The van der Waals surface area contributed by atoms with Gasteiger partial charge >= 0.3 is 0 Å². The average Bonchev–Trinajstić information content (AvgIpc) is 2.47. The molecule has 2 aromatic carbocycles. The van der Waals surface area contributed by atoms with Crippen LogP contribution < -0.4 is 15.0 Å². The van der Waals surface area contributed by atoms with E-state index in [1.807, 2.05) is 19.2 Å². The van der Waals surface area contributed by atoms with Crippen LogP contribution in [-0.4, -0.2) is 21.2 Å². The zero-order valence-corrected chi connectivity index (χ0v) is 13.6. The van der Waals surface area contributed by atoms with Crippen LogP contribution in [0, 0.1) is 0 Å². The number of ether oxygens (including phenoxy) is 1. The summed E-state index contributed by atoms with van der Waals surface area (Å²) in [6.45, 7) is 0.822. The number of hydrogen-bond donors (Lipinski definition) is 1. The number of halogens is 1. The van der Waals surface area contributed by atoms with Gasteiger partial charge in [0.1, 0.15) is 5.75 Å². The highest BCUT2D eigenvalue weighted by molar-refractivity contribution is 9.10. The highest BCUT2D eigenvalue weighted by atomic mass is 79.9. The fraction of sp³-hybridized carbons (Fsp3) is 0.250. The van der Waals surface area contributed by atoms with Gasteiger partial charge in [-0.15, -0.1) is 0 Å². The normalized spacial score (nSPS) is 10.2. The van der Waals surface area contributed by atoms with E-state index in [-0.39, 0.29) is 0 Å². The van der Waals surface area contributed by atoms with Crippen molar-refractivity contribution >= 4 is 27.3 Å². The molecule has 0 amide bonds. The summed E-state index contributed by atoms with van der Waals surface area (Å²) < 4.78 is 6.47. The Morgan fingerprint density at radius 1 is 1.20 bits per heavy atom. The number of hydrogen-bond acceptors (Lipinski definition) is 3. The van der Waals surface area contributed by atoms with E-state index in [2.05, 4.69) is 63.5 Å². The largest absolute Gasteiger partial charge is 0.495 e. The quantitative estimate of drug-likeness (QED) is 0.889. The summed E-state index contributed by atoms with van der Waals surface area (Å²) in [6, 6.07) is 14.4. The van der Waals surface area contributed by atoms with Crippen LogP contribution >= 0.6 is 15.9 Å². The molecule has 20 heavy (non-hydrogen) atoms. The predicted molar refractivity (Wildman–Crippen MR) is 88.8 cm³/mol. The molecule has 0 aliphatic heterocycles. The monoisotopic (exact) mass is 334 g/mol. The van der Waals surface area contributed by atoms with Gasteiger partial charge in [-0.1, -0.05) is 28.1 Å². The first-order chi connectivity index (χ1) is 9.63. The minimum absolute atomic E-state index is 0.822. The van der Waals surface area contributed by atoms with Crippen LogP contribution in [-0.2, 0) is 6.54 Å². The summed E-state index contributed by atoms with van der Waals surface area (Å²) in [7, 11) is 5.69. The predicted octanol–water partition coefficient (Wildman–Crippen LogP) is 4.14. The molecule has 0 heterocycles. The standard InChI is InChI=1S/C16H19BrN2O/c1-18-14-6-4-5-12(9-14)11-19(2)15-10-13(17)7-8-16(15)20-3/h4-10,18H,11H2,1-3H3. The molecule has 2 rings (SSSR count). The van der Waals surface area contributed by atoms with Crippen molar-refractivity contribution in [1.29, 1.82) is 0 Å². The zero-order valence-electron chi connectivity index (χ0n) is 12.0. The van der Waals surface area contributed by atoms with Crippen LogP contribution in [0.1, 0.15) is 5.56 Å². The maximum Gasteiger partial charge on any atom is 0.142 e. The summed E-state index contributed by atoms with van der Waals surface area (Å²) in [6.07, 6.45) is 0. The minimum Gasteiger partial charge on any atom is -0.495 e. The molecular formula is C16H19BrN2O. The third-order valence-electron chi connectivity index (χ3n) is 3.19. The Morgan fingerprint density at radius 3 is 2.70 bits per heavy atom. The summed E-state index contributed by atoms with van der Waals surface area (Å²) in [5.74, 6) is 0.875.